The molecule has 0 amide bonds. The first kappa shape index (κ1) is 19.9. The number of hydrogen-bond donors (Lipinski definition) is 2. The van der Waals surface area contributed by atoms with Crippen LogP contribution in [0.2, 0.25) is 0 Å². The van der Waals surface area contributed by atoms with Crippen LogP contribution in [0.15, 0.2) is 48.9 Å². The van der Waals surface area contributed by atoms with Gasteiger partial charge in [0.1, 0.15) is 5.69 Å². The minimum Gasteiger partial charge on any atom is -0.376 e. The Morgan fingerprint density at radius 1 is 1.06 bits per heavy atom. The maximum absolute atomic E-state index is 5.01. The highest BCUT2D eigenvalue weighted by Gasteiger charge is 2.22. The minimum atomic E-state index is 0.671. The van der Waals surface area contributed by atoms with Crippen molar-refractivity contribution < 1.29 is 0 Å². The summed E-state index contributed by atoms with van der Waals surface area (Å²) in [6.45, 7) is 2.14. The van der Waals surface area contributed by atoms with Crippen LogP contribution in [0.4, 0.5) is 5.69 Å². The second-order valence-corrected chi connectivity index (χ2v) is 9.79. The summed E-state index contributed by atoms with van der Waals surface area (Å²) < 4.78 is 0. The van der Waals surface area contributed by atoms with Crippen molar-refractivity contribution in [1.82, 2.24) is 30.1 Å². The van der Waals surface area contributed by atoms with Gasteiger partial charge in [0.05, 0.1) is 23.0 Å². The molecule has 0 aromatic carbocycles. The fourth-order valence-corrected chi connectivity index (χ4v) is 5.16. The van der Waals surface area contributed by atoms with Crippen LogP contribution in [0.3, 0.4) is 0 Å². The topological polar surface area (TPSA) is 86.4 Å². The second kappa shape index (κ2) is 7.67. The smallest absolute Gasteiger partial charge is 0.181 e. The van der Waals surface area contributed by atoms with E-state index in [0.29, 0.717) is 5.65 Å². The first-order chi connectivity index (χ1) is 16.1. The lowest BCUT2D eigenvalue weighted by Gasteiger charge is -2.12. The van der Waals surface area contributed by atoms with Gasteiger partial charge in [-0.1, -0.05) is 6.08 Å². The average Bonchev–Trinajstić information content (AvgIpc) is 3.55. The summed E-state index contributed by atoms with van der Waals surface area (Å²) in [7, 11) is 4.02. The SMILES string of the molecule is Cc1ccc(C2=CCCc3[nH]c(-c4[nH]nc5ncc(-c6cncc(N(C)C)c6)cc45)nc32)s1. The molecule has 1 aliphatic rings. The van der Waals surface area contributed by atoms with Crippen LogP contribution in [0, 0.1) is 6.92 Å². The van der Waals surface area contributed by atoms with Gasteiger partial charge in [-0.2, -0.15) is 5.10 Å². The molecule has 0 bridgehead atoms. The summed E-state index contributed by atoms with van der Waals surface area (Å²) in [4.78, 5) is 22.2. The van der Waals surface area contributed by atoms with E-state index in [9.17, 15) is 0 Å². The van der Waals surface area contributed by atoms with Gasteiger partial charge in [-0.3, -0.25) is 10.1 Å². The van der Waals surface area contributed by atoms with Gasteiger partial charge in [0.2, 0.25) is 0 Å². The quantitative estimate of drug-likeness (QED) is 0.389. The maximum atomic E-state index is 5.01. The molecule has 5 aromatic rings. The van der Waals surface area contributed by atoms with Crippen molar-refractivity contribution in [3.63, 3.8) is 0 Å². The molecule has 5 aromatic heterocycles. The van der Waals surface area contributed by atoms with E-state index in [1.54, 1.807) is 0 Å². The van der Waals surface area contributed by atoms with Gasteiger partial charge in [-0.25, -0.2) is 9.97 Å². The number of pyridine rings is 2. The molecule has 0 saturated heterocycles. The number of aryl methyl sites for hydroxylation is 2. The normalized spacial score (nSPS) is 13.2. The number of hydrogen-bond acceptors (Lipinski definition) is 6. The molecule has 0 aliphatic heterocycles. The number of nitrogens with one attached hydrogen (secondary N) is 2. The molecule has 0 spiro atoms. The van der Waals surface area contributed by atoms with Crippen LogP contribution < -0.4 is 4.90 Å². The van der Waals surface area contributed by atoms with E-state index in [1.807, 2.05) is 48.9 Å². The fraction of sp³-hybridized carbons (Fsp3) is 0.200. The first-order valence-corrected chi connectivity index (χ1v) is 11.7. The molecule has 1 aliphatic carbocycles. The van der Waals surface area contributed by atoms with Gasteiger partial charge >= 0.3 is 0 Å². The van der Waals surface area contributed by atoms with E-state index in [0.717, 1.165) is 52.3 Å². The number of imidazole rings is 1. The Morgan fingerprint density at radius 3 is 2.76 bits per heavy atom. The van der Waals surface area contributed by atoms with Crippen LogP contribution in [0.25, 0.3) is 39.3 Å². The molecule has 6 rings (SSSR count). The Labute approximate surface area is 195 Å². The molecule has 0 atom stereocenters. The van der Waals surface area contributed by atoms with Crippen LogP contribution in [0.1, 0.15) is 27.6 Å². The van der Waals surface area contributed by atoms with Crippen LogP contribution in [-0.4, -0.2) is 44.2 Å². The lowest BCUT2D eigenvalue weighted by molar-refractivity contribution is 0.937. The van der Waals surface area contributed by atoms with E-state index in [1.165, 1.54) is 21.0 Å². The summed E-state index contributed by atoms with van der Waals surface area (Å²) in [6.07, 6.45) is 9.82. The Morgan fingerprint density at radius 2 is 1.94 bits per heavy atom. The van der Waals surface area contributed by atoms with Crippen molar-refractivity contribution in [2.75, 3.05) is 19.0 Å². The molecule has 8 heteroatoms. The van der Waals surface area contributed by atoms with Crippen molar-refractivity contribution in [2.24, 2.45) is 0 Å². The molecular weight excluding hydrogens is 430 g/mol. The third kappa shape index (κ3) is 3.43. The first-order valence-electron chi connectivity index (χ1n) is 10.9. The van der Waals surface area contributed by atoms with E-state index in [-0.39, 0.29) is 0 Å². The lowest BCUT2D eigenvalue weighted by atomic mass is 9.99. The third-order valence-corrected chi connectivity index (χ3v) is 7.04. The largest absolute Gasteiger partial charge is 0.376 e. The second-order valence-electron chi connectivity index (χ2n) is 8.50. The summed E-state index contributed by atoms with van der Waals surface area (Å²) in [6, 6.07) is 8.57. The highest BCUT2D eigenvalue weighted by molar-refractivity contribution is 7.13. The number of nitrogens with zero attached hydrogens (tertiary/aromatic N) is 5. The van der Waals surface area contributed by atoms with Crippen molar-refractivity contribution >= 4 is 33.6 Å². The van der Waals surface area contributed by atoms with Crippen molar-refractivity contribution in [2.45, 2.75) is 19.8 Å². The van der Waals surface area contributed by atoms with Gasteiger partial charge in [-0.05, 0) is 44.0 Å². The Kier molecular flexibility index (Phi) is 4.62. The van der Waals surface area contributed by atoms with E-state index < -0.39 is 0 Å². The van der Waals surface area contributed by atoms with Crippen LogP contribution in [-0.2, 0) is 6.42 Å². The number of aromatic amines is 2. The molecule has 2 N–H and O–H groups in total. The van der Waals surface area contributed by atoms with Gasteiger partial charge < -0.3 is 9.88 Å². The zero-order valence-corrected chi connectivity index (χ0v) is 19.5. The van der Waals surface area contributed by atoms with Crippen LogP contribution >= 0.6 is 11.3 Å². The average molecular weight is 454 g/mol. The van der Waals surface area contributed by atoms with Gasteiger partial charge in [-0.15, -0.1) is 11.3 Å². The maximum Gasteiger partial charge on any atom is 0.181 e. The van der Waals surface area contributed by atoms with Crippen molar-refractivity contribution in [3.8, 4) is 22.6 Å². The van der Waals surface area contributed by atoms with Gasteiger partial charge in [0.25, 0.3) is 0 Å². The highest BCUT2D eigenvalue weighted by Crippen LogP contribution is 2.36. The van der Waals surface area contributed by atoms with Gasteiger partial charge in [0.15, 0.2) is 11.5 Å². The number of allylic oxidation sites excluding steroid dienone is 1. The monoisotopic (exact) mass is 453 g/mol. The highest BCUT2D eigenvalue weighted by atomic mass is 32.1. The molecule has 0 unspecified atom stereocenters. The molecule has 0 fully saturated rings. The molecule has 33 heavy (non-hydrogen) atoms. The summed E-state index contributed by atoms with van der Waals surface area (Å²) >= 11 is 1.81. The Balaban J connectivity index is 1.43. The van der Waals surface area contributed by atoms with E-state index >= 15 is 0 Å². The molecule has 164 valence electrons. The minimum absolute atomic E-state index is 0.671. The summed E-state index contributed by atoms with van der Waals surface area (Å²) in [5.74, 6) is 0.794. The van der Waals surface area contributed by atoms with Crippen LogP contribution in [0.5, 0.6) is 0 Å². The fourth-order valence-electron chi connectivity index (χ4n) is 4.25. The number of H-pyrrole nitrogens is 2. The van der Waals surface area contributed by atoms with Crippen molar-refractivity contribution in [3.05, 3.63) is 70.1 Å². The van der Waals surface area contributed by atoms with Gasteiger partial charge in [0, 0.05) is 58.6 Å². The third-order valence-electron chi connectivity index (χ3n) is 6.00. The summed E-state index contributed by atoms with van der Waals surface area (Å²) in [5, 5.41) is 8.53. The molecule has 5 heterocycles. The Bertz CT molecular complexity index is 1520. The number of fused-ring (bicyclic) bond motifs is 2. The molecule has 0 radical (unpaired) electrons. The predicted octanol–water partition coefficient (Wildman–Crippen LogP) is 5.22. The zero-order chi connectivity index (χ0) is 22.5. The van der Waals surface area contributed by atoms with Crippen molar-refractivity contribution in [1.29, 1.82) is 0 Å². The zero-order valence-electron chi connectivity index (χ0n) is 18.7. The molecular formula is C25H23N7S. The molecule has 0 saturated carbocycles. The number of thiophene rings is 1. The standard InChI is InChI=1S/C25H23N7S/c1-14-7-8-21(33-14)18-5-4-6-20-22(18)29-25(28-20)23-19-10-16(12-27-24(19)31-30-23)15-9-17(32(2)3)13-26-11-15/h5,7-13H,4,6H2,1-3H3,(H,28,29)(H,27,30,31). The predicted molar refractivity (Wildman–Crippen MR) is 133 cm³/mol. The number of aromatic nitrogens is 6. The number of anilines is 1. The lowest BCUT2D eigenvalue weighted by Crippen LogP contribution is -2.08. The Hall–Kier alpha value is -3.78. The summed E-state index contributed by atoms with van der Waals surface area (Å²) in [5.41, 5.74) is 7.99. The molecule has 7 nitrogen and oxygen atoms in total. The van der Waals surface area contributed by atoms with E-state index in [4.69, 9.17) is 4.98 Å². The number of rotatable bonds is 4. The van der Waals surface area contributed by atoms with E-state index in [2.05, 4.69) is 62.4 Å².